The van der Waals surface area contributed by atoms with Crippen LogP contribution in [0.15, 0.2) is 6.07 Å². The Balaban J connectivity index is 2.90. The molecule has 0 aromatic carbocycles. The van der Waals surface area contributed by atoms with E-state index >= 15 is 0 Å². The van der Waals surface area contributed by atoms with Crippen LogP contribution in [-0.4, -0.2) is 15.5 Å². The molecule has 1 rings (SSSR count). The Bertz CT molecular complexity index is 362. The third-order valence-electron chi connectivity index (χ3n) is 3.21. The number of anilines is 1. The van der Waals surface area contributed by atoms with Gasteiger partial charge in [-0.3, -0.25) is 0 Å². The van der Waals surface area contributed by atoms with Crippen LogP contribution in [0.25, 0.3) is 0 Å². The molecule has 0 spiro atoms. The zero-order chi connectivity index (χ0) is 12.9. The minimum absolute atomic E-state index is 0.0706. The molecule has 0 bridgehead atoms. The number of nitrogens with one attached hydrogen (secondary N) is 1. The quantitative estimate of drug-likeness (QED) is 0.779. The molecule has 0 saturated heterocycles. The monoisotopic (exact) mass is 255 g/mol. The second-order valence-electron chi connectivity index (χ2n) is 4.63. The summed E-state index contributed by atoms with van der Waals surface area (Å²) in [5, 5.41) is 3.97. The summed E-state index contributed by atoms with van der Waals surface area (Å²) in [6.45, 7) is 8.65. The molecular weight excluding hydrogens is 234 g/mol. The van der Waals surface area contributed by atoms with Crippen molar-refractivity contribution in [2.45, 2.75) is 58.9 Å². The van der Waals surface area contributed by atoms with E-state index in [-0.39, 0.29) is 5.54 Å². The maximum atomic E-state index is 6.01. The zero-order valence-corrected chi connectivity index (χ0v) is 11.9. The molecule has 0 aliphatic heterocycles. The SMILES string of the molecule is CCCc1nc(Cl)cc(NC(C)(CC)CC)n1. The van der Waals surface area contributed by atoms with Crippen molar-refractivity contribution in [2.75, 3.05) is 5.32 Å². The summed E-state index contributed by atoms with van der Waals surface area (Å²) >= 11 is 6.01. The van der Waals surface area contributed by atoms with Crippen molar-refractivity contribution < 1.29 is 0 Å². The van der Waals surface area contributed by atoms with Crippen LogP contribution >= 0.6 is 11.6 Å². The third kappa shape index (κ3) is 4.15. The standard InChI is InChI=1S/C13H22ClN3/c1-5-8-11-15-10(14)9-12(16-11)17-13(4,6-2)7-3/h9H,5-8H2,1-4H3,(H,15,16,17). The molecule has 0 fully saturated rings. The number of rotatable bonds is 6. The normalized spacial score (nSPS) is 11.6. The minimum Gasteiger partial charge on any atom is -0.365 e. The number of halogens is 1. The topological polar surface area (TPSA) is 37.8 Å². The van der Waals surface area contributed by atoms with Crippen LogP contribution in [0.5, 0.6) is 0 Å². The van der Waals surface area contributed by atoms with Crippen LogP contribution in [0, 0.1) is 0 Å². The van der Waals surface area contributed by atoms with Crippen LogP contribution in [0.2, 0.25) is 5.15 Å². The minimum atomic E-state index is 0.0706. The second-order valence-corrected chi connectivity index (χ2v) is 5.02. The lowest BCUT2D eigenvalue weighted by molar-refractivity contribution is 0.476. The van der Waals surface area contributed by atoms with E-state index in [4.69, 9.17) is 11.6 Å². The highest BCUT2D eigenvalue weighted by atomic mass is 35.5. The first-order valence-electron chi connectivity index (χ1n) is 6.34. The predicted molar refractivity (Wildman–Crippen MR) is 73.6 cm³/mol. The molecule has 0 amide bonds. The van der Waals surface area contributed by atoms with E-state index in [0.29, 0.717) is 5.15 Å². The first kappa shape index (κ1) is 14.2. The number of aromatic nitrogens is 2. The van der Waals surface area contributed by atoms with Gasteiger partial charge in [-0.1, -0.05) is 32.4 Å². The van der Waals surface area contributed by atoms with E-state index in [1.165, 1.54) is 0 Å². The molecule has 0 aliphatic carbocycles. The summed E-state index contributed by atoms with van der Waals surface area (Å²) in [6.07, 6.45) is 3.99. The fraction of sp³-hybridized carbons (Fsp3) is 0.692. The lowest BCUT2D eigenvalue weighted by Crippen LogP contribution is -2.33. The molecule has 1 N–H and O–H groups in total. The molecule has 0 unspecified atom stereocenters. The Morgan fingerprint density at radius 3 is 2.41 bits per heavy atom. The molecule has 1 aromatic heterocycles. The molecule has 0 radical (unpaired) electrons. The lowest BCUT2D eigenvalue weighted by atomic mass is 9.96. The summed E-state index contributed by atoms with van der Waals surface area (Å²) < 4.78 is 0. The van der Waals surface area contributed by atoms with E-state index in [1.54, 1.807) is 6.07 Å². The van der Waals surface area contributed by atoms with E-state index in [2.05, 4.69) is 43.0 Å². The maximum Gasteiger partial charge on any atom is 0.134 e. The largest absolute Gasteiger partial charge is 0.365 e. The van der Waals surface area contributed by atoms with Crippen LogP contribution in [0.3, 0.4) is 0 Å². The molecule has 0 aliphatic rings. The average Bonchev–Trinajstić information content (AvgIpc) is 2.28. The van der Waals surface area contributed by atoms with Gasteiger partial charge in [0, 0.05) is 18.0 Å². The maximum absolute atomic E-state index is 6.01. The molecule has 3 nitrogen and oxygen atoms in total. The highest BCUT2D eigenvalue weighted by Gasteiger charge is 2.20. The van der Waals surface area contributed by atoms with Gasteiger partial charge in [0.2, 0.25) is 0 Å². The molecular formula is C13H22ClN3. The molecule has 0 atom stereocenters. The average molecular weight is 256 g/mol. The van der Waals surface area contributed by atoms with Crippen molar-refractivity contribution in [3.05, 3.63) is 17.0 Å². The van der Waals surface area contributed by atoms with Crippen molar-refractivity contribution in [1.29, 1.82) is 0 Å². The highest BCUT2D eigenvalue weighted by molar-refractivity contribution is 6.29. The third-order valence-corrected chi connectivity index (χ3v) is 3.40. The highest BCUT2D eigenvalue weighted by Crippen LogP contribution is 2.22. The Hall–Kier alpha value is -0.830. The van der Waals surface area contributed by atoms with Gasteiger partial charge in [0.15, 0.2) is 0 Å². The van der Waals surface area contributed by atoms with Gasteiger partial charge in [0.1, 0.15) is 16.8 Å². The summed E-state index contributed by atoms with van der Waals surface area (Å²) in [6, 6.07) is 1.80. The summed E-state index contributed by atoms with van der Waals surface area (Å²) in [5.41, 5.74) is 0.0706. The predicted octanol–water partition coefficient (Wildman–Crippen LogP) is 4.07. The molecule has 1 aromatic rings. The Morgan fingerprint density at radius 1 is 1.24 bits per heavy atom. The van der Waals surface area contributed by atoms with Gasteiger partial charge >= 0.3 is 0 Å². The zero-order valence-electron chi connectivity index (χ0n) is 11.2. The van der Waals surface area contributed by atoms with E-state index in [0.717, 1.165) is 37.3 Å². The van der Waals surface area contributed by atoms with Gasteiger partial charge < -0.3 is 5.32 Å². The van der Waals surface area contributed by atoms with Crippen molar-refractivity contribution >= 4 is 17.4 Å². The van der Waals surface area contributed by atoms with Gasteiger partial charge in [-0.2, -0.15) is 0 Å². The van der Waals surface area contributed by atoms with Crippen LogP contribution in [-0.2, 0) is 6.42 Å². The fourth-order valence-corrected chi connectivity index (χ4v) is 1.80. The second kappa shape index (κ2) is 6.20. The first-order valence-corrected chi connectivity index (χ1v) is 6.72. The van der Waals surface area contributed by atoms with E-state index in [9.17, 15) is 0 Å². The van der Waals surface area contributed by atoms with Crippen molar-refractivity contribution in [3.63, 3.8) is 0 Å². The number of nitrogens with zero attached hydrogens (tertiary/aromatic N) is 2. The van der Waals surface area contributed by atoms with Gasteiger partial charge in [-0.15, -0.1) is 0 Å². The van der Waals surface area contributed by atoms with Crippen LogP contribution < -0.4 is 5.32 Å². The van der Waals surface area contributed by atoms with Crippen molar-refractivity contribution in [1.82, 2.24) is 9.97 Å². The Labute approximate surface area is 109 Å². The van der Waals surface area contributed by atoms with E-state index in [1.807, 2.05) is 0 Å². The Morgan fingerprint density at radius 2 is 1.88 bits per heavy atom. The molecule has 96 valence electrons. The summed E-state index contributed by atoms with van der Waals surface area (Å²) in [4.78, 5) is 8.72. The fourth-order valence-electron chi connectivity index (χ4n) is 1.60. The van der Waals surface area contributed by atoms with Crippen molar-refractivity contribution in [3.8, 4) is 0 Å². The Kier molecular flexibility index (Phi) is 5.19. The molecule has 17 heavy (non-hydrogen) atoms. The summed E-state index contributed by atoms with van der Waals surface area (Å²) in [7, 11) is 0. The summed E-state index contributed by atoms with van der Waals surface area (Å²) in [5.74, 6) is 1.65. The van der Waals surface area contributed by atoms with Gasteiger partial charge in [-0.25, -0.2) is 9.97 Å². The number of aryl methyl sites for hydroxylation is 1. The number of hydrogen-bond donors (Lipinski definition) is 1. The molecule has 0 saturated carbocycles. The van der Waals surface area contributed by atoms with Crippen LogP contribution in [0.4, 0.5) is 5.82 Å². The smallest absolute Gasteiger partial charge is 0.134 e. The van der Waals surface area contributed by atoms with Crippen molar-refractivity contribution in [2.24, 2.45) is 0 Å². The molecule has 1 heterocycles. The number of hydrogen-bond acceptors (Lipinski definition) is 3. The van der Waals surface area contributed by atoms with Gasteiger partial charge in [0.25, 0.3) is 0 Å². The first-order chi connectivity index (χ1) is 8.03. The molecule has 4 heteroatoms. The van der Waals surface area contributed by atoms with Gasteiger partial charge in [0.05, 0.1) is 0 Å². The van der Waals surface area contributed by atoms with E-state index < -0.39 is 0 Å². The lowest BCUT2D eigenvalue weighted by Gasteiger charge is -2.29. The van der Waals surface area contributed by atoms with Gasteiger partial charge in [-0.05, 0) is 26.2 Å². The van der Waals surface area contributed by atoms with Crippen LogP contribution in [0.1, 0.15) is 52.8 Å².